The number of aromatic nitrogens is 2. The number of para-hydroxylation sites is 1. The molecule has 7 nitrogen and oxygen atoms in total. The third-order valence-corrected chi connectivity index (χ3v) is 4.36. The molecule has 0 fully saturated rings. The van der Waals surface area contributed by atoms with Gasteiger partial charge in [0.05, 0.1) is 31.6 Å². The molecule has 1 aromatic heterocycles. The summed E-state index contributed by atoms with van der Waals surface area (Å²) in [6, 6.07) is 16.1. The molecule has 0 aliphatic carbocycles. The van der Waals surface area contributed by atoms with Gasteiger partial charge in [-0.25, -0.2) is 9.67 Å². The first-order valence-corrected chi connectivity index (χ1v) is 9.83. The van der Waals surface area contributed by atoms with Crippen LogP contribution < -0.4 is 20.1 Å². The van der Waals surface area contributed by atoms with Crippen LogP contribution in [0.4, 0.5) is 8.78 Å². The standard InChI is InChI=1S/C22H25F2N5O2.HI/c1-3-25-22(26-14-16-6-4-5-7-20(16)31-21(23)24)27-15-17-12-13-29(28-17)18-8-10-19(30-2)11-9-18;/h4-13,21H,3,14-15H2,1-2H3,(H2,25,26,27);1H. The minimum atomic E-state index is -2.88. The first-order chi connectivity index (χ1) is 15.1. The summed E-state index contributed by atoms with van der Waals surface area (Å²) in [4.78, 5) is 4.47. The van der Waals surface area contributed by atoms with Gasteiger partial charge < -0.3 is 20.1 Å². The Kier molecular flexibility index (Phi) is 10.2. The predicted octanol–water partition coefficient (Wildman–Crippen LogP) is 4.36. The van der Waals surface area contributed by atoms with Gasteiger partial charge in [0.25, 0.3) is 0 Å². The predicted molar refractivity (Wildman–Crippen MR) is 130 cm³/mol. The number of benzene rings is 2. The second-order valence-electron chi connectivity index (χ2n) is 6.48. The average molecular weight is 557 g/mol. The normalized spacial score (nSPS) is 11.1. The van der Waals surface area contributed by atoms with Crippen LogP contribution in [0.25, 0.3) is 5.69 Å². The molecule has 0 saturated carbocycles. The van der Waals surface area contributed by atoms with Crippen molar-refractivity contribution < 1.29 is 18.3 Å². The number of guanidine groups is 1. The number of nitrogens with one attached hydrogen (secondary N) is 2. The van der Waals surface area contributed by atoms with E-state index in [1.54, 1.807) is 30.0 Å². The molecule has 0 unspecified atom stereocenters. The lowest BCUT2D eigenvalue weighted by atomic mass is 10.2. The Hall–Kier alpha value is -2.89. The Labute approximate surface area is 202 Å². The van der Waals surface area contributed by atoms with Crippen LogP contribution in [-0.4, -0.2) is 36.0 Å². The number of ether oxygens (including phenoxy) is 2. The van der Waals surface area contributed by atoms with Gasteiger partial charge in [-0.1, -0.05) is 18.2 Å². The van der Waals surface area contributed by atoms with Crippen molar-refractivity contribution in [3.63, 3.8) is 0 Å². The highest BCUT2D eigenvalue weighted by molar-refractivity contribution is 14.0. The molecule has 2 N–H and O–H groups in total. The fourth-order valence-corrected chi connectivity index (χ4v) is 2.86. The molecule has 1 heterocycles. The summed E-state index contributed by atoms with van der Waals surface area (Å²) in [5.41, 5.74) is 2.31. The summed E-state index contributed by atoms with van der Waals surface area (Å²) in [6.45, 7) is 0.366. The van der Waals surface area contributed by atoms with E-state index in [2.05, 4.69) is 25.5 Å². The Bertz CT molecular complexity index is 996. The third-order valence-electron chi connectivity index (χ3n) is 4.36. The van der Waals surface area contributed by atoms with Crippen LogP contribution in [-0.2, 0) is 13.1 Å². The second kappa shape index (κ2) is 12.8. The van der Waals surface area contributed by atoms with E-state index in [1.807, 2.05) is 43.5 Å². The number of alkyl halides is 2. The molecule has 3 rings (SSSR count). The molecule has 3 aromatic rings. The summed E-state index contributed by atoms with van der Waals surface area (Å²) in [5.74, 6) is 1.45. The lowest BCUT2D eigenvalue weighted by molar-refractivity contribution is -0.0504. The molecule has 32 heavy (non-hydrogen) atoms. The topological polar surface area (TPSA) is 72.7 Å². The lowest BCUT2D eigenvalue weighted by Gasteiger charge is -2.12. The minimum absolute atomic E-state index is 0. The van der Waals surface area contributed by atoms with Gasteiger partial charge in [-0.15, -0.1) is 24.0 Å². The van der Waals surface area contributed by atoms with Gasteiger partial charge in [-0.05, 0) is 43.3 Å². The van der Waals surface area contributed by atoms with Crippen molar-refractivity contribution in [2.45, 2.75) is 26.6 Å². The highest BCUT2D eigenvalue weighted by Crippen LogP contribution is 2.21. The number of methoxy groups -OCH3 is 1. The van der Waals surface area contributed by atoms with E-state index < -0.39 is 6.61 Å². The number of rotatable bonds is 9. The highest BCUT2D eigenvalue weighted by atomic mass is 127. The van der Waals surface area contributed by atoms with Crippen LogP contribution in [0.15, 0.2) is 65.8 Å². The van der Waals surface area contributed by atoms with Gasteiger partial charge >= 0.3 is 6.61 Å². The van der Waals surface area contributed by atoms with Gasteiger partial charge in [0.15, 0.2) is 5.96 Å². The molecule has 2 aromatic carbocycles. The molecule has 0 amide bonds. The van der Waals surface area contributed by atoms with Gasteiger partial charge in [-0.2, -0.15) is 13.9 Å². The van der Waals surface area contributed by atoms with Crippen molar-refractivity contribution >= 4 is 29.9 Å². The molecule has 172 valence electrons. The van der Waals surface area contributed by atoms with Crippen LogP contribution in [0, 0.1) is 0 Å². The maximum absolute atomic E-state index is 12.6. The van der Waals surface area contributed by atoms with Crippen molar-refractivity contribution in [1.82, 2.24) is 20.4 Å². The number of hydrogen-bond acceptors (Lipinski definition) is 4. The molecule has 0 radical (unpaired) electrons. The number of aliphatic imine (C=N–C) groups is 1. The minimum Gasteiger partial charge on any atom is -0.497 e. The Balaban J connectivity index is 0.00000363. The third kappa shape index (κ3) is 7.36. The van der Waals surface area contributed by atoms with Crippen LogP contribution in [0.1, 0.15) is 18.2 Å². The molecule has 10 heteroatoms. The molecule has 0 aliphatic rings. The zero-order valence-corrected chi connectivity index (χ0v) is 20.1. The van der Waals surface area contributed by atoms with Crippen LogP contribution in [0.5, 0.6) is 11.5 Å². The molecule has 0 spiro atoms. The quantitative estimate of drug-likeness (QED) is 0.233. The second-order valence-corrected chi connectivity index (χ2v) is 6.48. The van der Waals surface area contributed by atoms with E-state index in [1.165, 1.54) is 6.07 Å². The number of nitrogens with zero attached hydrogens (tertiary/aromatic N) is 3. The van der Waals surface area contributed by atoms with E-state index in [4.69, 9.17) is 4.74 Å². The van der Waals surface area contributed by atoms with Gasteiger partial charge in [0, 0.05) is 18.3 Å². The average Bonchev–Trinajstić information content (AvgIpc) is 3.25. The van der Waals surface area contributed by atoms with E-state index in [9.17, 15) is 8.78 Å². The fraction of sp³-hybridized carbons (Fsp3) is 0.273. The maximum Gasteiger partial charge on any atom is 0.387 e. The first-order valence-electron chi connectivity index (χ1n) is 9.83. The molecule has 0 saturated heterocycles. The Morgan fingerprint density at radius 1 is 1.09 bits per heavy atom. The van der Waals surface area contributed by atoms with E-state index in [0.29, 0.717) is 24.6 Å². The maximum atomic E-state index is 12.6. The summed E-state index contributed by atoms with van der Waals surface area (Å²) < 4.78 is 36.7. The van der Waals surface area contributed by atoms with Crippen molar-refractivity contribution in [1.29, 1.82) is 0 Å². The zero-order valence-electron chi connectivity index (χ0n) is 17.8. The van der Waals surface area contributed by atoms with Crippen LogP contribution >= 0.6 is 24.0 Å². The van der Waals surface area contributed by atoms with Gasteiger partial charge in [0.1, 0.15) is 11.5 Å². The van der Waals surface area contributed by atoms with E-state index in [0.717, 1.165) is 17.1 Å². The summed E-state index contributed by atoms with van der Waals surface area (Å²) in [6.07, 6.45) is 1.88. The van der Waals surface area contributed by atoms with Gasteiger partial charge in [-0.3, -0.25) is 0 Å². The van der Waals surface area contributed by atoms with Gasteiger partial charge in [0.2, 0.25) is 0 Å². The number of hydrogen-bond donors (Lipinski definition) is 2. The molecular weight excluding hydrogens is 531 g/mol. The Morgan fingerprint density at radius 2 is 1.84 bits per heavy atom. The SMILES string of the molecule is CCNC(=NCc1ccccc1OC(F)F)NCc1ccn(-c2ccc(OC)cc2)n1.I. The number of halogens is 3. The molecule has 0 bridgehead atoms. The largest absolute Gasteiger partial charge is 0.497 e. The van der Waals surface area contributed by atoms with Crippen molar-refractivity contribution in [3.05, 3.63) is 72.1 Å². The van der Waals surface area contributed by atoms with E-state index >= 15 is 0 Å². The van der Waals surface area contributed by atoms with E-state index in [-0.39, 0.29) is 36.3 Å². The lowest BCUT2D eigenvalue weighted by Crippen LogP contribution is -2.36. The smallest absolute Gasteiger partial charge is 0.387 e. The fourth-order valence-electron chi connectivity index (χ4n) is 2.86. The summed E-state index contributed by atoms with van der Waals surface area (Å²) in [5, 5.41) is 10.9. The van der Waals surface area contributed by atoms with Crippen molar-refractivity contribution in [2.24, 2.45) is 4.99 Å². The van der Waals surface area contributed by atoms with Crippen molar-refractivity contribution in [2.75, 3.05) is 13.7 Å². The highest BCUT2D eigenvalue weighted by Gasteiger charge is 2.09. The molecule has 0 atom stereocenters. The monoisotopic (exact) mass is 557 g/mol. The Morgan fingerprint density at radius 3 is 2.53 bits per heavy atom. The summed E-state index contributed by atoms with van der Waals surface area (Å²) in [7, 11) is 1.63. The van der Waals surface area contributed by atoms with Crippen molar-refractivity contribution in [3.8, 4) is 17.2 Å². The first kappa shape index (κ1) is 25.4. The van der Waals surface area contributed by atoms with Crippen LogP contribution in [0.2, 0.25) is 0 Å². The molecule has 0 aliphatic heterocycles. The molecular formula is C22H26F2IN5O2. The summed E-state index contributed by atoms with van der Waals surface area (Å²) >= 11 is 0. The zero-order chi connectivity index (χ0) is 22.1. The van der Waals surface area contributed by atoms with Crippen LogP contribution in [0.3, 0.4) is 0 Å².